The normalized spacial score (nSPS) is 20.0. The van der Waals surface area contributed by atoms with Gasteiger partial charge in [-0.2, -0.15) is 0 Å². The highest BCUT2D eigenvalue weighted by atomic mass is 127. The number of nitrogens with zero attached hydrogens (tertiary/aromatic N) is 1. The lowest BCUT2D eigenvalue weighted by Crippen LogP contribution is -2.44. The van der Waals surface area contributed by atoms with E-state index in [4.69, 9.17) is 4.74 Å². The second kappa shape index (κ2) is 10.3. The molecule has 0 spiro atoms. The van der Waals surface area contributed by atoms with E-state index in [0.717, 1.165) is 6.42 Å². The summed E-state index contributed by atoms with van der Waals surface area (Å²) < 4.78 is 59.1. The summed E-state index contributed by atoms with van der Waals surface area (Å²) in [6.45, 7) is 1.03. The van der Waals surface area contributed by atoms with Gasteiger partial charge >= 0.3 is 0 Å². The molecule has 1 unspecified atom stereocenters. The highest BCUT2D eigenvalue weighted by molar-refractivity contribution is 14.0. The molecule has 0 saturated carbocycles. The predicted octanol–water partition coefficient (Wildman–Crippen LogP) is 2.32. The molecule has 0 amide bonds. The van der Waals surface area contributed by atoms with E-state index in [9.17, 15) is 22.7 Å². The van der Waals surface area contributed by atoms with E-state index in [-0.39, 0.29) is 48.0 Å². The third-order valence-corrected chi connectivity index (χ3v) is 4.32. The van der Waals surface area contributed by atoms with Gasteiger partial charge in [-0.3, -0.25) is 4.99 Å². The number of nitrogens with one attached hydrogen (secondary N) is 2. The zero-order valence-corrected chi connectivity index (χ0v) is 16.6. The topological polar surface area (TPSA) is 65.9 Å². The molecule has 1 aromatic rings. The minimum Gasteiger partial charge on any atom is -0.396 e. The van der Waals surface area contributed by atoms with Crippen LogP contribution in [0.4, 0.5) is 17.6 Å². The number of aliphatic hydroxyl groups excluding tert-OH is 1. The number of hydrogen-bond donors (Lipinski definition) is 3. The molecule has 1 aliphatic rings. The van der Waals surface area contributed by atoms with Gasteiger partial charge in [0.05, 0.1) is 6.61 Å². The summed E-state index contributed by atoms with van der Waals surface area (Å²) in [6, 6.07) is 0.167. The molecule has 1 aliphatic heterocycles. The fourth-order valence-electron chi connectivity index (χ4n) is 2.75. The average molecular weight is 491 g/mol. The Morgan fingerprint density at radius 2 is 1.88 bits per heavy atom. The first-order valence-electron chi connectivity index (χ1n) is 7.87. The zero-order chi connectivity index (χ0) is 18.4. The van der Waals surface area contributed by atoms with Gasteiger partial charge in [-0.1, -0.05) is 0 Å². The van der Waals surface area contributed by atoms with Crippen molar-refractivity contribution >= 4 is 29.9 Å². The van der Waals surface area contributed by atoms with Crippen molar-refractivity contribution in [2.75, 3.05) is 33.4 Å². The fourth-order valence-corrected chi connectivity index (χ4v) is 2.75. The van der Waals surface area contributed by atoms with Crippen molar-refractivity contribution < 1.29 is 27.4 Å². The maximum absolute atomic E-state index is 13.7. The highest BCUT2D eigenvalue weighted by Gasteiger charge is 2.34. The second-order valence-electron chi connectivity index (χ2n) is 6.00. The minimum absolute atomic E-state index is 0. The first-order valence-corrected chi connectivity index (χ1v) is 7.87. The molecule has 10 heteroatoms. The molecule has 0 bridgehead atoms. The van der Waals surface area contributed by atoms with Crippen molar-refractivity contribution in [2.45, 2.75) is 19.4 Å². The van der Waals surface area contributed by atoms with E-state index in [2.05, 4.69) is 15.6 Å². The zero-order valence-electron chi connectivity index (χ0n) is 14.2. The van der Waals surface area contributed by atoms with Gasteiger partial charge in [-0.15, -0.1) is 24.0 Å². The molecule has 0 aliphatic carbocycles. The Labute approximate surface area is 166 Å². The third kappa shape index (κ3) is 5.43. The Hall–Kier alpha value is -1.14. The number of hydrogen-bond acceptors (Lipinski definition) is 3. The molecular weight excluding hydrogens is 469 g/mol. The van der Waals surface area contributed by atoms with Crippen LogP contribution in [-0.2, 0) is 11.3 Å². The monoisotopic (exact) mass is 491 g/mol. The number of benzene rings is 1. The first-order chi connectivity index (χ1) is 11.9. The number of aliphatic imine (C=N–C) groups is 1. The van der Waals surface area contributed by atoms with Crippen molar-refractivity contribution in [3.05, 3.63) is 34.9 Å². The van der Waals surface area contributed by atoms with Gasteiger partial charge in [-0.05, 0) is 12.8 Å². The lowest BCUT2D eigenvalue weighted by atomic mass is 9.84. The maximum Gasteiger partial charge on any atom is 0.191 e. The van der Waals surface area contributed by atoms with E-state index < -0.39 is 35.4 Å². The summed E-state index contributed by atoms with van der Waals surface area (Å²) in [5.41, 5.74) is -0.997. The van der Waals surface area contributed by atoms with Crippen LogP contribution in [0.3, 0.4) is 0 Å². The molecule has 1 saturated heterocycles. The summed E-state index contributed by atoms with van der Waals surface area (Å²) in [4.78, 5) is 3.92. The highest BCUT2D eigenvalue weighted by Crippen LogP contribution is 2.31. The van der Waals surface area contributed by atoms with Gasteiger partial charge < -0.3 is 20.5 Å². The summed E-state index contributed by atoms with van der Waals surface area (Å²) in [5.74, 6) is -5.58. The molecule has 148 valence electrons. The fraction of sp³-hybridized carbons (Fsp3) is 0.562. The number of rotatable bonds is 6. The number of ether oxygens (including phenoxy) is 1. The van der Waals surface area contributed by atoms with Gasteiger partial charge in [0, 0.05) is 50.4 Å². The van der Waals surface area contributed by atoms with E-state index in [0.29, 0.717) is 26.2 Å². The van der Waals surface area contributed by atoms with Crippen LogP contribution < -0.4 is 10.6 Å². The van der Waals surface area contributed by atoms with Gasteiger partial charge in [0.1, 0.15) is 0 Å². The Balaban J connectivity index is 0.00000338. The van der Waals surface area contributed by atoms with Crippen LogP contribution >= 0.6 is 24.0 Å². The van der Waals surface area contributed by atoms with Crippen LogP contribution in [0.25, 0.3) is 0 Å². The quantitative estimate of drug-likeness (QED) is 0.188. The lowest BCUT2D eigenvalue weighted by Gasteiger charge is -2.27. The van der Waals surface area contributed by atoms with Crippen molar-refractivity contribution in [1.29, 1.82) is 0 Å². The van der Waals surface area contributed by atoms with Crippen molar-refractivity contribution in [2.24, 2.45) is 10.4 Å². The molecular formula is C16H22F4IN3O2. The SMILES string of the molecule is CN=C(NCc1c(F)c(F)cc(F)c1F)NCC1(CCO)CCOC1.I. The minimum atomic E-state index is -1.45. The van der Waals surface area contributed by atoms with E-state index in [1.54, 1.807) is 0 Å². The lowest BCUT2D eigenvalue weighted by molar-refractivity contribution is 0.127. The molecule has 1 aromatic carbocycles. The summed E-state index contributed by atoms with van der Waals surface area (Å²) >= 11 is 0. The molecule has 0 aromatic heterocycles. The van der Waals surface area contributed by atoms with Crippen molar-refractivity contribution in [1.82, 2.24) is 10.6 Å². The second-order valence-corrected chi connectivity index (χ2v) is 6.00. The van der Waals surface area contributed by atoms with Crippen LogP contribution in [0.5, 0.6) is 0 Å². The molecule has 5 nitrogen and oxygen atoms in total. The number of halogens is 5. The molecule has 1 atom stereocenters. The largest absolute Gasteiger partial charge is 0.396 e. The summed E-state index contributed by atoms with van der Waals surface area (Å²) in [7, 11) is 1.46. The van der Waals surface area contributed by atoms with Crippen LogP contribution in [0, 0.1) is 28.7 Å². The molecule has 3 N–H and O–H groups in total. The predicted molar refractivity (Wildman–Crippen MR) is 99.5 cm³/mol. The summed E-state index contributed by atoms with van der Waals surface area (Å²) in [6.07, 6.45) is 1.30. The maximum atomic E-state index is 13.7. The standard InChI is InChI=1S/C16H21F4N3O2.HI/c1-21-15(23-8-16(2-4-24)3-5-25-9-16)22-7-10-13(19)11(17)6-12(18)14(10)20;/h6,24H,2-5,7-9H2,1H3,(H2,21,22,23);1H. The van der Waals surface area contributed by atoms with Crippen LogP contribution in [-0.4, -0.2) is 44.5 Å². The van der Waals surface area contributed by atoms with Crippen molar-refractivity contribution in [3.63, 3.8) is 0 Å². The van der Waals surface area contributed by atoms with E-state index in [1.165, 1.54) is 7.05 Å². The molecule has 0 radical (unpaired) electrons. The Morgan fingerprint density at radius 3 is 2.38 bits per heavy atom. The van der Waals surface area contributed by atoms with Gasteiger partial charge in [0.15, 0.2) is 29.2 Å². The Bertz CT molecular complexity index is 614. The molecule has 1 fully saturated rings. The molecule has 2 rings (SSSR count). The number of aliphatic hydroxyl groups is 1. The smallest absolute Gasteiger partial charge is 0.191 e. The number of guanidine groups is 1. The Morgan fingerprint density at radius 1 is 1.23 bits per heavy atom. The average Bonchev–Trinajstić information content (AvgIpc) is 3.05. The first kappa shape index (κ1) is 22.9. The van der Waals surface area contributed by atoms with Gasteiger partial charge in [-0.25, -0.2) is 17.6 Å². The van der Waals surface area contributed by atoms with E-state index in [1.807, 2.05) is 0 Å². The van der Waals surface area contributed by atoms with Crippen LogP contribution in [0.2, 0.25) is 0 Å². The van der Waals surface area contributed by atoms with Gasteiger partial charge in [0.25, 0.3) is 0 Å². The third-order valence-electron chi connectivity index (χ3n) is 4.32. The molecule has 1 heterocycles. The Kier molecular flexibility index (Phi) is 9.04. The van der Waals surface area contributed by atoms with Crippen LogP contribution in [0.15, 0.2) is 11.1 Å². The van der Waals surface area contributed by atoms with E-state index >= 15 is 0 Å². The molecule has 26 heavy (non-hydrogen) atoms. The van der Waals surface area contributed by atoms with Crippen LogP contribution in [0.1, 0.15) is 18.4 Å². The van der Waals surface area contributed by atoms with Gasteiger partial charge in [0.2, 0.25) is 0 Å². The van der Waals surface area contributed by atoms with Crippen molar-refractivity contribution in [3.8, 4) is 0 Å². The summed E-state index contributed by atoms with van der Waals surface area (Å²) in [5, 5.41) is 14.8.